The topological polar surface area (TPSA) is 20.3 Å². The average molecular weight is 523 g/mol. The number of hydrogen-bond donors (Lipinski definition) is 0. The summed E-state index contributed by atoms with van der Waals surface area (Å²) in [5.41, 5.74) is 0.997. The van der Waals surface area contributed by atoms with Gasteiger partial charge in [-0.1, -0.05) is 44.0 Å². The number of rotatable bonds is 1. The molecule has 3 rings (SSSR count). The number of carbonyl (C=O) groups is 1. The minimum atomic E-state index is 0.234. The first kappa shape index (κ1) is 17.0. The second kappa shape index (κ2) is 8.29. The molecule has 1 heterocycles. The number of nitrogens with zero attached hydrogens (tertiary/aromatic N) is 1. The lowest BCUT2D eigenvalue weighted by Crippen LogP contribution is -2.23. The van der Waals surface area contributed by atoms with Gasteiger partial charge >= 0.3 is 0 Å². The quantitative estimate of drug-likeness (QED) is 0.445. The van der Waals surface area contributed by atoms with Crippen molar-refractivity contribution in [2.75, 3.05) is 11.4 Å². The number of carbonyl (C=O) groups excluding carboxylic acids is 1. The first-order valence-electron chi connectivity index (χ1n) is 6.53. The SMILES string of the molecule is Brc1cccc(I)c1.O=C1CCCN1c1cccc(Br)c1. The molecule has 0 aliphatic carbocycles. The van der Waals surface area contributed by atoms with Crippen LogP contribution >= 0.6 is 54.5 Å². The molecule has 2 aromatic carbocycles. The van der Waals surface area contributed by atoms with Gasteiger partial charge in [0.05, 0.1) is 0 Å². The highest BCUT2D eigenvalue weighted by molar-refractivity contribution is 14.1. The Morgan fingerprint density at radius 1 is 1.00 bits per heavy atom. The van der Waals surface area contributed by atoms with Crippen molar-refractivity contribution in [3.05, 3.63) is 61.0 Å². The lowest BCUT2D eigenvalue weighted by molar-refractivity contribution is -0.117. The predicted octanol–water partition coefficient (Wildman–Crippen LogP) is 5.63. The molecule has 21 heavy (non-hydrogen) atoms. The number of benzene rings is 2. The van der Waals surface area contributed by atoms with Crippen molar-refractivity contribution in [2.24, 2.45) is 0 Å². The predicted molar refractivity (Wildman–Crippen MR) is 103 cm³/mol. The summed E-state index contributed by atoms with van der Waals surface area (Å²) >= 11 is 9.02. The fraction of sp³-hybridized carbons (Fsp3) is 0.188. The van der Waals surface area contributed by atoms with Crippen molar-refractivity contribution in [1.29, 1.82) is 0 Å². The first-order valence-corrected chi connectivity index (χ1v) is 9.20. The van der Waals surface area contributed by atoms with Gasteiger partial charge in [0.2, 0.25) is 5.91 Å². The molecule has 0 unspecified atom stereocenters. The summed E-state index contributed by atoms with van der Waals surface area (Å²) in [4.78, 5) is 13.2. The second-order valence-corrected chi connectivity index (χ2v) is 7.65. The van der Waals surface area contributed by atoms with Crippen LogP contribution in [0, 0.1) is 3.57 Å². The Morgan fingerprint density at radius 3 is 2.14 bits per heavy atom. The van der Waals surface area contributed by atoms with Crippen LogP contribution in [0.5, 0.6) is 0 Å². The van der Waals surface area contributed by atoms with Crippen LogP contribution in [-0.2, 0) is 4.79 Å². The van der Waals surface area contributed by atoms with Gasteiger partial charge in [-0.3, -0.25) is 4.79 Å². The summed E-state index contributed by atoms with van der Waals surface area (Å²) in [7, 11) is 0. The van der Waals surface area contributed by atoms with E-state index < -0.39 is 0 Å². The molecule has 5 heteroatoms. The highest BCUT2D eigenvalue weighted by Gasteiger charge is 2.21. The minimum absolute atomic E-state index is 0.234. The lowest BCUT2D eigenvalue weighted by atomic mass is 10.3. The van der Waals surface area contributed by atoms with Crippen molar-refractivity contribution in [3.63, 3.8) is 0 Å². The van der Waals surface area contributed by atoms with Crippen molar-refractivity contribution >= 4 is 66.0 Å². The first-order chi connectivity index (χ1) is 10.1. The van der Waals surface area contributed by atoms with E-state index in [0.29, 0.717) is 6.42 Å². The van der Waals surface area contributed by atoms with Gasteiger partial charge in [-0.25, -0.2) is 0 Å². The monoisotopic (exact) mass is 521 g/mol. The highest BCUT2D eigenvalue weighted by atomic mass is 127. The Kier molecular flexibility index (Phi) is 6.70. The van der Waals surface area contributed by atoms with Gasteiger partial charge in [-0.05, 0) is 65.4 Å². The van der Waals surface area contributed by atoms with Gasteiger partial charge < -0.3 is 4.90 Å². The van der Waals surface area contributed by atoms with Gasteiger partial charge in [0.1, 0.15) is 0 Å². The van der Waals surface area contributed by atoms with Crippen LogP contribution in [0.25, 0.3) is 0 Å². The van der Waals surface area contributed by atoms with Gasteiger partial charge in [-0.2, -0.15) is 0 Å². The molecule has 0 N–H and O–H groups in total. The molecular weight excluding hydrogens is 509 g/mol. The molecule has 0 bridgehead atoms. The summed E-state index contributed by atoms with van der Waals surface area (Å²) in [6, 6.07) is 16.0. The van der Waals surface area contributed by atoms with E-state index in [-0.39, 0.29) is 5.91 Å². The average Bonchev–Trinajstić information content (AvgIpc) is 2.85. The zero-order valence-electron chi connectivity index (χ0n) is 11.2. The van der Waals surface area contributed by atoms with E-state index in [9.17, 15) is 4.79 Å². The summed E-state index contributed by atoms with van der Waals surface area (Å²) in [6.45, 7) is 0.856. The number of amides is 1. The van der Waals surface area contributed by atoms with Crippen LogP contribution in [0.3, 0.4) is 0 Å². The van der Waals surface area contributed by atoms with Crippen molar-refractivity contribution < 1.29 is 4.79 Å². The Morgan fingerprint density at radius 2 is 1.67 bits per heavy atom. The lowest BCUT2D eigenvalue weighted by Gasteiger charge is -2.15. The number of anilines is 1. The molecule has 1 aliphatic heterocycles. The molecule has 0 atom stereocenters. The standard InChI is InChI=1S/C10H10BrNO.C6H4BrI/c11-8-3-1-4-9(7-8)12-6-2-5-10(12)13;7-5-2-1-3-6(8)4-5/h1,3-4,7H,2,5-6H2;1-4H. The molecular formula is C16H14Br2INO. The van der Waals surface area contributed by atoms with Crippen LogP contribution < -0.4 is 4.90 Å². The Bertz CT molecular complexity index is 616. The summed E-state index contributed by atoms with van der Waals surface area (Å²) in [6.07, 6.45) is 1.66. The van der Waals surface area contributed by atoms with E-state index in [4.69, 9.17) is 0 Å². The summed E-state index contributed by atoms with van der Waals surface area (Å²) in [5, 5.41) is 0. The third kappa shape index (κ3) is 5.38. The van der Waals surface area contributed by atoms with E-state index in [0.717, 1.165) is 27.6 Å². The molecule has 0 saturated carbocycles. The number of halogens is 3. The summed E-state index contributed by atoms with van der Waals surface area (Å²) in [5.74, 6) is 0.234. The normalized spacial score (nSPS) is 13.9. The molecule has 110 valence electrons. The fourth-order valence-corrected chi connectivity index (χ4v) is 3.78. The van der Waals surface area contributed by atoms with Gasteiger partial charge in [0.25, 0.3) is 0 Å². The van der Waals surface area contributed by atoms with Gasteiger partial charge in [-0.15, -0.1) is 0 Å². The third-order valence-corrected chi connectivity index (χ3v) is 4.64. The maximum atomic E-state index is 11.4. The van der Waals surface area contributed by atoms with Gasteiger partial charge in [0, 0.05) is 31.2 Å². The minimum Gasteiger partial charge on any atom is -0.312 e. The highest BCUT2D eigenvalue weighted by Crippen LogP contribution is 2.24. The molecule has 1 saturated heterocycles. The molecule has 1 fully saturated rings. The van der Waals surface area contributed by atoms with E-state index in [1.165, 1.54) is 3.57 Å². The molecule has 1 aliphatic rings. The van der Waals surface area contributed by atoms with Crippen LogP contribution in [0.1, 0.15) is 12.8 Å². The third-order valence-electron chi connectivity index (χ3n) is 2.98. The Labute approximate surface area is 155 Å². The molecule has 2 aromatic rings. The van der Waals surface area contributed by atoms with E-state index in [1.807, 2.05) is 41.3 Å². The zero-order valence-corrected chi connectivity index (χ0v) is 16.6. The van der Waals surface area contributed by atoms with Crippen LogP contribution in [0.15, 0.2) is 57.5 Å². The van der Waals surface area contributed by atoms with Crippen molar-refractivity contribution in [2.45, 2.75) is 12.8 Å². The van der Waals surface area contributed by atoms with Crippen molar-refractivity contribution in [3.8, 4) is 0 Å². The molecule has 1 amide bonds. The van der Waals surface area contributed by atoms with E-state index >= 15 is 0 Å². The molecule has 0 radical (unpaired) electrons. The van der Waals surface area contributed by atoms with Crippen molar-refractivity contribution in [1.82, 2.24) is 0 Å². The maximum Gasteiger partial charge on any atom is 0.227 e. The second-order valence-electron chi connectivity index (χ2n) is 4.57. The van der Waals surface area contributed by atoms with E-state index in [1.54, 1.807) is 0 Å². The largest absolute Gasteiger partial charge is 0.312 e. The van der Waals surface area contributed by atoms with Crippen LogP contribution in [-0.4, -0.2) is 12.5 Å². The zero-order chi connectivity index (χ0) is 15.2. The molecule has 0 aromatic heterocycles. The smallest absolute Gasteiger partial charge is 0.227 e. The van der Waals surface area contributed by atoms with Crippen LogP contribution in [0.4, 0.5) is 5.69 Å². The van der Waals surface area contributed by atoms with E-state index in [2.05, 4.69) is 66.6 Å². The maximum absolute atomic E-state index is 11.4. The van der Waals surface area contributed by atoms with Gasteiger partial charge in [0.15, 0.2) is 0 Å². The van der Waals surface area contributed by atoms with Crippen LogP contribution in [0.2, 0.25) is 0 Å². The Balaban J connectivity index is 0.000000173. The molecule has 0 spiro atoms. The Hall–Kier alpha value is -0.400. The molecule has 2 nitrogen and oxygen atoms in total. The fourth-order valence-electron chi connectivity index (χ4n) is 2.03. The summed E-state index contributed by atoms with van der Waals surface area (Å²) < 4.78 is 3.42. The number of hydrogen-bond acceptors (Lipinski definition) is 1.